The van der Waals surface area contributed by atoms with Crippen LogP contribution >= 0.6 is 7.60 Å². The highest BCUT2D eigenvalue weighted by atomic mass is 31.2. The van der Waals surface area contributed by atoms with Crippen LogP contribution < -0.4 is 11.2 Å². The fraction of sp³-hybridized carbons (Fsp3) is 0.684. The lowest BCUT2D eigenvalue weighted by Gasteiger charge is -2.25. The second-order valence-corrected chi connectivity index (χ2v) is 9.32. The minimum atomic E-state index is -3.57. The third-order valence-corrected chi connectivity index (χ3v) is 7.15. The number of hydrogen-bond acceptors (Lipinski definition) is 9. The summed E-state index contributed by atoms with van der Waals surface area (Å²) in [5.74, 6) is 0. The molecule has 180 valence electrons. The van der Waals surface area contributed by atoms with E-state index in [1.54, 1.807) is 27.9 Å². The predicted octanol–water partition coefficient (Wildman–Crippen LogP) is 0.877. The molecule has 0 aromatic carbocycles. The first-order valence-electron chi connectivity index (χ1n) is 10.4. The fourth-order valence-corrected chi connectivity index (χ4v) is 5.03. The Morgan fingerprint density at radius 3 is 2.47 bits per heavy atom. The van der Waals surface area contributed by atoms with Crippen molar-refractivity contribution in [3.8, 4) is 0 Å². The molecule has 0 bridgehead atoms. The molecule has 0 aliphatic carbocycles. The second kappa shape index (κ2) is 12.1. The maximum Gasteiger partial charge on any atom is 0.356 e. The Morgan fingerprint density at radius 1 is 1.25 bits per heavy atom. The molecule has 0 amide bonds. The lowest BCUT2D eigenvalue weighted by Crippen LogP contribution is -2.41. The molecule has 11 nitrogen and oxygen atoms in total. The molecule has 1 aromatic heterocycles. The number of nitrogens with zero attached hydrogens (tertiary/aromatic N) is 1. The fourth-order valence-electron chi connectivity index (χ4n) is 3.51. The van der Waals surface area contributed by atoms with Crippen LogP contribution in [0.25, 0.3) is 0 Å². The number of aryl methyl sites for hydroxylation is 1. The maximum atomic E-state index is 13.1. The van der Waals surface area contributed by atoms with E-state index in [-0.39, 0.29) is 31.6 Å². The van der Waals surface area contributed by atoms with Crippen molar-refractivity contribution in [3.05, 3.63) is 44.5 Å². The van der Waals surface area contributed by atoms with Gasteiger partial charge in [-0.3, -0.25) is 18.9 Å². The molecule has 2 heterocycles. The smallest absolute Gasteiger partial charge is 0.356 e. The van der Waals surface area contributed by atoms with Crippen molar-refractivity contribution in [2.24, 2.45) is 0 Å². The lowest BCUT2D eigenvalue weighted by molar-refractivity contribution is -0.0774. The van der Waals surface area contributed by atoms with E-state index in [0.29, 0.717) is 12.2 Å². The van der Waals surface area contributed by atoms with E-state index in [1.165, 1.54) is 18.8 Å². The minimum Gasteiger partial charge on any atom is -0.436 e. The van der Waals surface area contributed by atoms with E-state index in [1.807, 2.05) is 0 Å². The highest BCUT2D eigenvalue weighted by molar-refractivity contribution is 7.58. The van der Waals surface area contributed by atoms with Crippen LogP contribution in [0.5, 0.6) is 0 Å². The van der Waals surface area contributed by atoms with Crippen LogP contribution in [0.2, 0.25) is 0 Å². The Bertz CT molecular complexity index is 924. The van der Waals surface area contributed by atoms with E-state index in [4.69, 9.17) is 27.9 Å². The van der Waals surface area contributed by atoms with Crippen LogP contribution in [0.4, 0.5) is 0 Å². The van der Waals surface area contributed by atoms with Gasteiger partial charge in [0.2, 0.25) is 0 Å². The van der Waals surface area contributed by atoms with Crippen molar-refractivity contribution in [2.75, 3.05) is 33.5 Å². The van der Waals surface area contributed by atoms with Crippen LogP contribution in [-0.4, -0.2) is 69.4 Å². The first-order valence-corrected chi connectivity index (χ1v) is 11.9. The Balaban J connectivity index is 2.38. The summed E-state index contributed by atoms with van der Waals surface area (Å²) in [7, 11) is -0.535. The number of hydrogen-bond donors (Lipinski definition) is 1. The Morgan fingerprint density at radius 2 is 1.91 bits per heavy atom. The van der Waals surface area contributed by atoms with Gasteiger partial charge in [-0.25, -0.2) is 4.79 Å². The third-order valence-electron chi connectivity index (χ3n) is 5.00. The van der Waals surface area contributed by atoms with E-state index in [2.05, 4.69) is 11.6 Å². The molecule has 1 N–H and O–H groups in total. The zero-order chi connectivity index (χ0) is 23.9. The number of rotatable bonds is 13. The Labute approximate surface area is 188 Å². The Hall–Kier alpha value is -1.53. The largest absolute Gasteiger partial charge is 0.436 e. The number of ether oxygens (including phenoxy) is 3. The molecular formula is C19H32BN2O9P. The average molecular weight is 474 g/mol. The molecule has 1 aliphatic rings. The molecule has 1 fully saturated rings. The van der Waals surface area contributed by atoms with Gasteiger partial charge in [0, 0.05) is 30.6 Å². The van der Waals surface area contributed by atoms with E-state index >= 15 is 0 Å². The first kappa shape index (κ1) is 26.7. The summed E-state index contributed by atoms with van der Waals surface area (Å²) in [5, 5.41) is 0.231. The predicted molar refractivity (Wildman–Crippen MR) is 120 cm³/mol. The average Bonchev–Trinajstić information content (AvgIpc) is 3.08. The summed E-state index contributed by atoms with van der Waals surface area (Å²) >= 11 is 0. The van der Waals surface area contributed by atoms with Crippen LogP contribution in [-0.2, 0) is 32.5 Å². The van der Waals surface area contributed by atoms with Gasteiger partial charge < -0.3 is 27.9 Å². The molecule has 2 rings (SSSR count). The van der Waals surface area contributed by atoms with Crippen molar-refractivity contribution >= 4 is 15.6 Å². The van der Waals surface area contributed by atoms with E-state index in [0.717, 1.165) is 0 Å². The summed E-state index contributed by atoms with van der Waals surface area (Å²) in [4.78, 5) is 26.6. The summed E-state index contributed by atoms with van der Waals surface area (Å²) in [5.41, 5.74) is -0.791. The van der Waals surface area contributed by atoms with Crippen molar-refractivity contribution in [1.82, 2.24) is 9.55 Å². The molecule has 0 spiro atoms. The number of H-pyrrole nitrogens is 1. The van der Waals surface area contributed by atoms with Crippen LogP contribution in [0.1, 0.15) is 32.1 Å². The van der Waals surface area contributed by atoms with Crippen molar-refractivity contribution in [3.63, 3.8) is 0 Å². The van der Waals surface area contributed by atoms with Gasteiger partial charge in [0.15, 0.2) is 6.23 Å². The molecule has 1 saturated heterocycles. The summed E-state index contributed by atoms with van der Waals surface area (Å²) in [6.07, 6.45) is -1.42. The SMILES string of the molecule is BO[C@@H]1C(CC(=C)P(=O)(OCC)OCC)O[C@@H](n2cc(C)c(=O)[nH]c2=O)[C@@H]1OCCOC. The van der Waals surface area contributed by atoms with Crippen LogP contribution in [0.3, 0.4) is 0 Å². The first-order chi connectivity index (χ1) is 15.2. The number of aromatic nitrogens is 2. The third kappa shape index (κ3) is 6.08. The monoisotopic (exact) mass is 474 g/mol. The van der Waals surface area contributed by atoms with Gasteiger partial charge in [-0.15, -0.1) is 0 Å². The number of nitrogens with one attached hydrogen (secondary N) is 1. The van der Waals surface area contributed by atoms with Gasteiger partial charge in [0.1, 0.15) is 6.10 Å². The van der Waals surface area contributed by atoms with Crippen molar-refractivity contribution < 1.29 is 32.5 Å². The Kier molecular flexibility index (Phi) is 10.1. The molecule has 0 saturated carbocycles. The normalized spacial score (nSPS) is 23.5. The van der Waals surface area contributed by atoms with Gasteiger partial charge in [-0.05, 0) is 20.8 Å². The number of methoxy groups -OCH3 is 1. The summed E-state index contributed by atoms with van der Waals surface area (Å²) in [6.45, 7) is 9.84. The minimum absolute atomic E-state index is 0.0908. The molecule has 0 radical (unpaired) electrons. The van der Waals surface area contributed by atoms with E-state index < -0.39 is 43.4 Å². The van der Waals surface area contributed by atoms with Crippen LogP contribution in [0, 0.1) is 6.92 Å². The maximum absolute atomic E-state index is 13.1. The molecule has 13 heteroatoms. The molecular weight excluding hydrogens is 442 g/mol. The van der Waals surface area contributed by atoms with Gasteiger partial charge in [-0.2, -0.15) is 0 Å². The van der Waals surface area contributed by atoms with E-state index in [9.17, 15) is 14.2 Å². The van der Waals surface area contributed by atoms with Gasteiger partial charge >= 0.3 is 13.3 Å². The summed E-state index contributed by atoms with van der Waals surface area (Å²) < 4.78 is 47.9. The molecule has 1 aliphatic heterocycles. The standard InChI is InChI=1S/C19H32BN2O9P/c1-6-28-32(25,29-7-2)13(4)10-14-15(31-20)16(27-9-8-26-5)18(30-14)22-11-12(3)17(23)21-19(22)24/h11,14-16,18H,4,6-10,20H2,1-3,5H3,(H,21,23,24)/t14?,15-,16-,18-/m1/s1. The highest BCUT2D eigenvalue weighted by Gasteiger charge is 2.48. The van der Waals surface area contributed by atoms with Gasteiger partial charge in [-0.1, -0.05) is 6.58 Å². The van der Waals surface area contributed by atoms with Crippen molar-refractivity contribution in [1.29, 1.82) is 0 Å². The number of aromatic amines is 1. The quantitative estimate of drug-likeness (QED) is 0.252. The lowest BCUT2D eigenvalue weighted by atomic mass is 10.1. The molecule has 4 atom stereocenters. The zero-order valence-corrected chi connectivity index (χ0v) is 20.1. The van der Waals surface area contributed by atoms with Crippen molar-refractivity contribution in [2.45, 2.75) is 51.7 Å². The topological polar surface area (TPSA) is 127 Å². The van der Waals surface area contributed by atoms with Gasteiger partial charge in [0.25, 0.3) is 13.6 Å². The second-order valence-electron chi connectivity index (χ2n) is 7.18. The molecule has 32 heavy (non-hydrogen) atoms. The molecule has 1 aromatic rings. The highest BCUT2D eigenvalue weighted by Crippen LogP contribution is 2.57. The van der Waals surface area contributed by atoms with Crippen LogP contribution in [0.15, 0.2) is 27.7 Å². The summed E-state index contributed by atoms with van der Waals surface area (Å²) in [6, 6.07) is 0. The van der Waals surface area contributed by atoms with Gasteiger partial charge in [0.05, 0.1) is 38.6 Å². The molecule has 1 unspecified atom stereocenters. The zero-order valence-electron chi connectivity index (χ0n) is 19.2.